The summed E-state index contributed by atoms with van der Waals surface area (Å²) in [6.07, 6.45) is 0. The maximum absolute atomic E-state index is 6.33. The number of hydrogen-bond donors (Lipinski definition) is 1. The molecule has 3 aromatic carbocycles. The zero-order valence-electron chi connectivity index (χ0n) is 18.2. The SMILES string of the molecule is COc1cc(C2(c3c(-c4ccccc4)[nH]c4cc(Cl)ccc34)COC2)cc(OC)c1OC. The van der Waals surface area contributed by atoms with Crippen molar-refractivity contribution in [1.82, 2.24) is 4.98 Å². The van der Waals surface area contributed by atoms with Crippen molar-refractivity contribution in [3.63, 3.8) is 0 Å². The predicted octanol–water partition coefficient (Wildman–Crippen LogP) is 5.83. The van der Waals surface area contributed by atoms with E-state index >= 15 is 0 Å². The molecular formula is C26H24ClNO4. The Labute approximate surface area is 191 Å². The first-order valence-electron chi connectivity index (χ1n) is 10.4. The summed E-state index contributed by atoms with van der Waals surface area (Å²) in [7, 11) is 4.88. The van der Waals surface area contributed by atoms with Gasteiger partial charge in [-0.2, -0.15) is 0 Å². The third-order valence-electron chi connectivity index (χ3n) is 6.22. The fourth-order valence-corrected chi connectivity index (χ4v) is 4.78. The van der Waals surface area contributed by atoms with Gasteiger partial charge in [-0.1, -0.05) is 48.0 Å². The van der Waals surface area contributed by atoms with Crippen molar-refractivity contribution in [2.24, 2.45) is 0 Å². The number of nitrogens with one attached hydrogen (secondary N) is 1. The largest absolute Gasteiger partial charge is 0.493 e. The molecule has 2 heterocycles. The lowest BCUT2D eigenvalue weighted by Gasteiger charge is -2.43. The molecule has 0 bridgehead atoms. The van der Waals surface area contributed by atoms with Gasteiger partial charge in [0, 0.05) is 21.5 Å². The molecule has 0 atom stereocenters. The second-order valence-electron chi connectivity index (χ2n) is 7.92. The standard InChI is InChI=1S/C26H24ClNO4/c1-29-21-11-17(12-22(30-2)25(21)31-3)26(14-32-15-26)23-19-10-9-18(27)13-20(19)28-24(23)16-7-5-4-6-8-16/h4-13,28H,14-15H2,1-3H3. The van der Waals surface area contributed by atoms with Gasteiger partial charge in [-0.3, -0.25) is 0 Å². The highest BCUT2D eigenvalue weighted by Gasteiger charge is 2.46. The molecule has 1 saturated heterocycles. The van der Waals surface area contributed by atoms with Crippen LogP contribution < -0.4 is 14.2 Å². The molecule has 5 rings (SSSR count). The van der Waals surface area contributed by atoms with E-state index in [0.29, 0.717) is 35.5 Å². The van der Waals surface area contributed by atoms with Crippen molar-refractivity contribution in [3.05, 3.63) is 76.8 Å². The number of fused-ring (bicyclic) bond motifs is 1. The van der Waals surface area contributed by atoms with E-state index in [9.17, 15) is 0 Å². The maximum atomic E-state index is 6.33. The van der Waals surface area contributed by atoms with Crippen LogP contribution in [0.5, 0.6) is 17.2 Å². The van der Waals surface area contributed by atoms with Crippen LogP contribution in [0, 0.1) is 0 Å². The lowest BCUT2D eigenvalue weighted by molar-refractivity contribution is -0.0371. The highest BCUT2D eigenvalue weighted by atomic mass is 35.5. The molecule has 1 aromatic heterocycles. The smallest absolute Gasteiger partial charge is 0.203 e. The molecule has 0 aliphatic carbocycles. The predicted molar refractivity (Wildman–Crippen MR) is 126 cm³/mol. The van der Waals surface area contributed by atoms with E-state index in [4.69, 9.17) is 30.5 Å². The molecule has 164 valence electrons. The Bertz CT molecular complexity index is 1250. The van der Waals surface area contributed by atoms with Crippen LogP contribution >= 0.6 is 11.6 Å². The first-order chi connectivity index (χ1) is 15.6. The van der Waals surface area contributed by atoms with Gasteiger partial charge in [-0.05, 0) is 35.4 Å². The van der Waals surface area contributed by atoms with E-state index in [1.165, 1.54) is 5.56 Å². The van der Waals surface area contributed by atoms with Crippen LogP contribution in [0.2, 0.25) is 5.02 Å². The molecule has 0 saturated carbocycles. The van der Waals surface area contributed by atoms with Crippen LogP contribution in [0.4, 0.5) is 0 Å². The Morgan fingerprint density at radius 3 is 2.12 bits per heavy atom. The van der Waals surface area contributed by atoms with Gasteiger partial charge in [0.25, 0.3) is 0 Å². The third-order valence-corrected chi connectivity index (χ3v) is 6.45. The molecule has 1 aliphatic rings. The Kier molecular flexibility index (Phi) is 5.24. The average molecular weight is 450 g/mol. The molecule has 0 unspecified atom stereocenters. The lowest BCUT2D eigenvalue weighted by atomic mass is 9.71. The fraction of sp³-hybridized carbons (Fsp3) is 0.231. The number of methoxy groups -OCH3 is 3. The summed E-state index contributed by atoms with van der Waals surface area (Å²) in [6, 6.07) is 20.3. The summed E-state index contributed by atoms with van der Waals surface area (Å²) < 4.78 is 22.7. The minimum atomic E-state index is -0.385. The van der Waals surface area contributed by atoms with E-state index < -0.39 is 0 Å². The number of benzene rings is 3. The van der Waals surface area contributed by atoms with E-state index in [2.05, 4.69) is 23.2 Å². The van der Waals surface area contributed by atoms with Crippen molar-refractivity contribution in [2.75, 3.05) is 34.5 Å². The van der Waals surface area contributed by atoms with Crippen LogP contribution in [-0.4, -0.2) is 39.5 Å². The maximum Gasteiger partial charge on any atom is 0.203 e. The molecule has 32 heavy (non-hydrogen) atoms. The van der Waals surface area contributed by atoms with Gasteiger partial charge in [0.1, 0.15) is 0 Å². The minimum absolute atomic E-state index is 0.385. The van der Waals surface area contributed by atoms with E-state index in [1.807, 2.05) is 42.5 Å². The van der Waals surface area contributed by atoms with Gasteiger partial charge in [0.2, 0.25) is 5.75 Å². The van der Waals surface area contributed by atoms with Crippen molar-refractivity contribution in [3.8, 4) is 28.5 Å². The highest BCUT2D eigenvalue weighted by Crippen LogP contribution is 2.50. The topological polar surface area (TPSA) is 52.7 Å². The molecule has 0 amide bonds. The normalized spacial score (nSPS) is 14.8. The first-order valence-corrected chi connectivity index (χ1v) is 10.7. The molecular weight excluding hydrogens is 426 g/mol. The summed E-state index contributed by atoms with van der Waals surface area (Å²) in [6.45, 7) is 1.09. The zero-order valence-corrected chi connectivity index (χ0v) is 19.0. The van der Waals surface area contributed by atoms with Gasteiger partial charge < -0.3 is 23.9 Å². The highest BCUT2D eigenvalue weighted by molar-refractivity contribution is 6.31. The quantitative estimate of drug-likeness (QED) is 0.402. The average Bonchev–Trinajstić information content (AvgIpc) is 3.17. The van der Waals surface area contributed by atoms with Crippen LogP contribution in [-0.2, 0) is 10.2 Å². The number of aromatic nitrogens is 1. The molecule has 1 N–H and O–H groups in total. The molecule has 1 aliphatic heterocycles. The fourth-order valence-electron chi connectivity index (χ4n) is 4.61. The minimum Gasteiger partial charge on any atom is -0.493 e. The zero-order chi connectivity index (χ0) is 22.3. The lowest BCUT2D eigenvalue weighted by Crippen LogP contribution is -2.48. The summed E-state index contributed by atoms with van der Waals surface area (Å²) in [5.41, 5.74) is 4.99. The molecule has 0 spiro atoms. The number of rotatable bonds is 6. The summed E-state index contributed by atoms with van der Waals surface area (Å²) in [5.74, 6) is 1.82. The van der Waals surface area contributed by atoms with Crippen LogP contribution in [0.3, 0.4) is 0 Å². The van der Waals surface area contributed by atoms with Gasteiger partial charge in [0.15, 0.2) is 11.5 Å². The van der Waals surface area contributed by atoms with Crippen LogP contribution in [0.15, 0.2) is 60.7 Å². The van der Waals surface area contributed by atoms with Crippen LogP contribution in [0.1, 0.15) is 11.1 Å². The monoisotopic (exact) mass is 449 g/mol. The summed E-state index contributed by atoms with van der Waals surface area (Å²) in [4.78, 5) is 3.62. The Hall–Kier alpha value is -3.15. The van der Waals surface area contributed by atoms with Gasteiger partial charge in [-0.25, -0.2) is 0 Å². The summed E-state index contributed by atoms with van der Waals surface area (Å²) in [5, 5.41) is 1.81. The molecule has 4 aromatic rings. The van der Waals surface area contributed by atoms with Gasteiger partial charge in [0.05, 0.1) is 45.7 Å². The van der Waals surface area contributed by atoms with Gasteiger partial charge in [-0.15, -0.1) is 0 Å². The first kappa shape index (κ1) is 20.7. The van der Waals surface area contributed by atoms with Crippen molar-refractivity contribution in [2.45, 2.75) is 5.41 Å². The number of hydrogen-bond acceptors (Lipinski definition) is 4. The Morgan fingerprint density at radius 1 is 0.875 bits per heavy atom. The van der Waals surface area contributed by atoms with Crippen molar-refractivity contribution >= 4 is 22.5 Å². The molecule has 1 fully saturated rings. The Balaban J connectivity index is 1.81. The van der Waals surface area contributed by atoms with Crippen molar-refractivity contribution in [1.29, 1.82) is 0 Å². The second-order valence-corrected chi connectivity index (χ2v) is 8.36. The summed E-state index contributed by atoms with van der Waals surface area (Å²) >= 11 is 6.33. The van der Waals surface area contributed by atoms with E-state index in [0.717, 1.165) is 27.7 Å². The molecule has 0 radical (unpaired) electrons. The van der Waals surface area contributed by atoms with Gasteiger partial charge >= 0.3 is 0 Å². The second kappa shape index (κ2) is 8.08. The Morgan fingerprint density at radius 2 is 1.56 bits per heavy atom. The van der Waals surface area contributed by atoms with E-state index in [-0.39, 0.29) is 5.41 Å². The van der Waals surface area contributed by atoms with Crippen molar-refractivity contribution < 1.29 is 18.9 Å². The number of halogens is 1. The number of aromatic amines is 1. The van der Waals surface area contributed by atoms with E-state index in [1.54, 1.807) is 21.3 Å². The third kappa shape index (κ3) is 3.12. The molecule has 6 heteroatoms. The number of ether oxygens (including phenoxy) is 4. The molecule has 5 nitrogen and oxygen atoms in total. The van der Waals surface area contributed by atoms with Crippen LogP contribution in [0.25, 0.3) is 22.2 Å². The number of H-pyrrole nitrogens is 1.